The molecule has 1 aromatic heterocycles. The summed E-state index contributed by atoms with van der Waals surface area (Å²) in [6, 6.07) is -0.000602. The van der Waals surface area contributed by atoms with Gasteiger partial charge in [0.05, 0.1) is 12.1 Å². The van der Waals surface area contributed by atoms with Gasteiger partial charge in [-0.1, -0.05) is 0 Å². The van der Waals surface area contributed by atoms with Gasteiger partial charge < -0.3 is 10.4 Å². The van der Waals surface area contributed by atoms with E-state index >= 15 is 0 Å². The highest BCUT2D eigenvalue weighted by Crippen LogP contribution is 2.24. The zero-order chi connectivity index (χ0) is 10.8. The molecule has 1 aliphatic rings. The van der Waals surface area contributed by atoms with Gasteiger partial charge in [0.2, 0.25) is 0 Å². The Kier molecular flexibility index (Phi) is 2.98. The van der Waals surface area contributed by atoms with Crippen molar-refractivity contribution in [2.75, 3.05) is 6.54 Å². The van der Waals surface area contributed by atoms with E-state index in [4.69, 9.17) is 0 Å². The Morgan fingerprint density at radius 1 is 1.47 bits per heavy atom. The van der Waals surface area contributed by atoms with Crippen LogP contribution in [0.2, 0.25) is 0 Å². The fourth-order valence-corrected chi connectivity index (χ4v) is 2.09. The monoisotopic (exact) mass is 207 g/mol. The first-order valence-electron chi connectivity index (χ1n) is 5.40. The van der Waals surface area contributed by atoms with Crippen molar-refractivity contribution in [1.82, 2.24) is 15.3 Å². The summed E-state index contributed by atoms with van der Waals surface area (Å²) in [7, 11) is 0. The average Bonchev–Trinajstić information content (AvgIpc) is 2.20. The number of nitrogens with one attached hydrogen (secondary N) is 1. The van der Waals surface area contributed by atoms with Crippen LogP contribution in [0, 0.1) is 13.8 Å². The van der Waals surface area contributed by atoms with E-state index in [9.17, 15) is 5.11 Å². The molecular weight excluding hydrogens is 190 g/mol. The van der Waals surface area contributed by atoms with Crippen LogP contribution in [0.4, 0.5) is 0 Å². The molecule has 1 aliphatic heterocycles. The van der Waals surface area contributed by atoms with Crippen molar-refractivity contribution in [2.45, 2.75) is 38.8 Å². The lowest BCUT2D eigenvalue weighted by molar-refractivity contribution is 0.0959. The Balaban J connectivity index is 2.27. The smallest absolute Gasteiger partial charge is 0.125 e. The number of hydrogen-bond acceptors (Lipinski definition) is 4. The van der Waals surface area contributed by atoms with Crippen LogP contribution >= 0.6 is 0 Å². The molecule has 1 aromatic rings. The molecule has 2 atom stereocenters. The molecule has 0 radical (unpaired) electrons. The van der Waals surface area contributed by atoms with Crippen LogP contribution < -0.4 is 5.32 Å². The van der Waals surface area contributed by atoms with Crippen LogP contribution in [0.25, 0.3) is 0 Å². The number of aliphatic hydroxyl groups is 1. The van der Waals surface area contributed by atoms with Crippen LogP contribution in [0.3, 0.4) is 0 Å². The molecule has 0 aromatic carbocycles. The molecule has 82 valence electrons. The number of hydrogen-bond donors (Lipinski definition) is 2. The molecule has 1 saturated heterocycles. The Morgan fingerprint density at radius 3 is 2.93 bits per heavy atom. The maximum absolute atomic E-state index is 9.90. The van der Waals surface area contributed by atoms with Crippen molar-refractivity contribution < 1.29 is 5.11 Å². The molecule has 2 N–H and O–H groups in total. The molecule has 0 spiro atoms. The van der Waals surface area contributed by atoms with E-state index in [0.29, 0.717) is 0 Å². The molecule has 15 heavy (non-hydrogen) atoms. The second kappa shape index (κ2) is 4.24. The van der Waals surface area contributed by atoms with Crippen LogP contribution in [-0.4, -0.2) is 27.7 Å². The number of aromatic nitrogens is 2. The Bertz CT molecular complexity index is 354. The molecular formula is C11H17N3O. The van der Waals surface area contributed by atoms with E-state index in [1.54, 1.807) is 0 Å². The van der Waals surface area contributed by atoms with Gasteiger partial charge in [-0.3, -0.25) is 0 Å². The summed E-state index contributed by atoms with van der Waals surface area (Å²) in [6.07, 6.45) is 3.39. The van der Waals surface area contributed by atoms with Crippen molar-refractivity contribution >= 4 is 0 Å². The largest absolute Gasteiger partial charge is 0.391 e. The first kappa shape index (κ1) is 10.5. The van der Waals surface area contributed by atoms with Crippen molar-refractivity contribution in [3.05, 3.63) is 23.3 Å². The lowest BCUT2D eigenvalue weighted by Gasteiger charge is -2.29. The van der Waals surface area contributed by atoms with Gasteiger partial charge in [-0.05, 0) is 33.2 Å². The average molecular weight is 207 g/mol. The van der Waals surface area contributed by atoms with E-state index in [1.165, 1.54) is 0 Å². The third-order valence-electron chi connectivity index (χ3n) is 2.90. The van der Waals surface area contributed by atoms with Crippen molar-refractivity contribution in [2.24, 2.45) is 0 Å². The summed E-state index contributed by atoms with van der Waals surface area (Å²) in [5.74, 6) is 0.779. The quantitative estimate of drug-likeness (QED) is 0.717. The molecule has 4 heteroatoms. The highest BCUT2D eigenvalue weighted by molar-refractivity contribution is 5.22. The van der Waals surface area contributed by atoms with E-state index in [0.717, 1.165) is 36.5 Å². The predicted molar refractivity (Wildman–Crippen MR) is 57.5 cm³/mol. The Morgan fingerprint density at radius 2 is 2.27 bits per heavy atom. The second-order valence-corrected chi connectivity index (χ2v) is 4.10. The summed E-state index contributed by atoms with van der Waals surface area (Å²) in [4.78, 5) is 8.51. The second-order valence-electron chi connectivity index (χ2n) is 4.10. The lowest BCUT2D eigenvalue weighted by atomic mass is 9.95. The molecule has 4 nitrogen and oxygen atoms in total. The van der Waals surface area contributed by atoms with Gasteiger partial charge in [-0.25, -0.2) is 9.97 Å². The SMILES string of the molecule is Cc1ncc(C2NCCCC2O)c(C)n1. The Hall–Kier alpha value is -1.00. The molecule has 2 unspecified atom stereocenters. The molecule has 2 heterocycles. The maximum atomic E-state index is 9.90. The highest BCUT2D eigenvalue weighted by Gasteiger charge is 2.25. The number of aliphatic hydroxyl groups excluding tert-OH is 1. The highest BCUT2D eigenvalue weighted by atomic mass is 16.3. The summed E-state index contributed by atoms with van der Waals surface area (Å²) >= 11 is 0. The molecule has 0 amide bonds. The first-order chi connectivity index (χ1) is 7.18. The van der Waals surface area contributed by atoms with Gasteiger partial charge in [0.15, 0.2) is 0 Å². The van der Waals surface area contributed by atoms with Crippen molar-refractivity contribution in [3.63, 3.8) is 0 Å². The van der Waals surface area contributed by atoms with Gasteiger partial charge in [0, 0.05) is 17.5 Å². The minimum absolute atomic E-state index is 0.000602. The third kappa shape index (κ3) is 2.16. The molecule has 2 rings (SSSR count). The third-order valence-corrected chi connectivity index (χ3v) is 2.90. The number of aryl methyl sites for hydroxylation is 2. The van der Waals surface area contributed by atoms with E-state index in [2.05, 4.69) is 15.3 Å². The van der Waals surface area contributed by atoms with Gasteiger partial charge in [-0.2, -0.15) is 0 Å². The van der Waals surface area contributed by atoms with Crippen molar-refractivity contribution in [3.8, 4) is 0 Å². The summed E-state index contributed by atoms with van der Waals surface area (Å²) in [6.45, 7) is 4.80. The van der Waals surface area contributed by atoms with Gasteiger partial charge in [0.25, 0.3) is 0 Å². The number of rotatable bonds is 1. The topological polar surface area (TPSA) is 58.0 Å². The maximum Gasteiger partial charge on any atom is 0.125 e. The fraction of sp³-hybridized carbons (Fsp3) is 0.636. The Labute approximate surface area is 89.8 Å². The standard InChI is InChI=1S/C11H17N3O/c1-7-9(6-13-8(2)14-7)11-10(15)4-3-5-12-11/h6,10-12,15H,3-5H2,1-2H3. The molecule has 0 aliphatic carbocycles. The van der Waals surface area contributed by atoms with Crippen molar-refractivity contribution in [1.29, 1.82) is 0 Å². The van der Waals surface area contributed by atoms with Crippen LogP contribution in [0.1, 0.15) is 36.0 Å². The zero-order valence-electron chi connectivity index (χ0n) is 9.20. The molecule has 0 bridgehead atoms. The molecule has 1 fully saturated rings. The predicted octanol–water partition coefficient (Wildman–Crippen LogP) is 0.879. The first-order valence-corrected chi connectivity index (χ1v) is 5.40. The minimum Gasteiger partial charge on any atom is -0.391 e. The number of nitrogens with zero attached hydrogens (tertiary/aromatic N) is 2. The van der Waals surface area contributed by atoms with Crippen LogP contribution in [0.5, 0.6) is 0 Å². The van der Waals surface area contributed by atoms with Crippen LogP contribution in [-0.2, 0) is 0 Å². The fourth-order valence-electron chi connectivity index (χ4n) is 2.09. The summed E-state index contributed by atoms with van der Waals surface area (Å²) in [5, 5.41) is 13.2. The zero-order valence-corrected chi connectivity index (χ0v) is 9.20. The molecule has 0 saturated carbocycles. The van der Waals surface area contributed by atoms with Crippen LogP contribution in [0.15, 0.2) is 6.20 Å². The van der Waals surface area contributed by atoms with Gasteiger partial charge in [0.1, 0.15) is 5.82 Å². The normalized spacial score (nSPS) is 26.6. The van der Waals surface area contributed by atoms with E-state index in [-0.39, 0.29) is 12.1 Å². The van der Waals surface area contributed by atoms with Gasteiger partial charge >= 0.3 is 0 Å². The lowest BCUT2D eigenvalue weighted by Crippen LogP contribution is -2.38. The summed E-state index contributed by atoms with van der Waals surface area (Å²) < 4.78 is 0. The van der Waals surface area contributed by atoms with E-state index < -0.39 is 0 Å². The summed E-state index contributed by atoms with van der Waals surface area (Å²) in [5.41, 5.74) is 1.98. The van der Waals surface area contributed by atoms with Gasteiger partial charge in [-0.15, -0.1) is 0 Å². The van der Waals surface area contributed by atoms with E-state index in [1.807, 2.05) is 20.0 Å². The minimum atomic E-state index is -0.316. The number of piperidine rings is 1.